The number of fused-ring (bicyclic) bond motifs is 2. The summed E-state index contributed by atoms with van der Waals surface area (Å²) in [5, 5.41) is 6.91. The van der Waals surface area contributed by atoms with Gasteiger partial charge in [-0.3, -0.25) is 10.1 Å². The lowest BCUT2D eigenvalue weighted by Crippen LogP contribution is -2.44. The Bertz CT molecular complexity index is 1700. The fourth-order valence-corrected chi connectivity index (χ4v) is 6.37. The Morgan fingerprint density at radius 2 is 1.77 bits per heavy atom. The molecule has 0 atom stereocenters. The number of benzene rings is 2. The summed E-state index contributed by atoms with van der Waals surface area (Å²) in [5.74, 6) is 1.72. The van der Waals surface area contributed by atoms with Crippen LogP contribution in [0.4, 0.5) is 10.6 Å². The fourth-order valence-electron chi connectivity index (χ4n) is 6.37. The predicted octanol–water partition coefficient (Wildman–Crippen LogP) is 7.28. The maximum Gasteiger partial charge on any atom is 0.413 e. The molecule has 2 amide bonds. The maximum absolute atomic E-state index is 14.1. The van der Waals surface area contributed by atoms with E-state index < -0.39 is 11.7 Å². The summed E-state index contributed by atoms with van der Waals surface area (Å²) in [4.78, 5) is 36.8. The van der Waals surface area contributed by atoms with Gasteiger partial charge in [-0.15, -0.1) is 0 Å². The number of carbonyl (C=O) groups is 2. The van der Waals surface area contributed by atoms with Crippen LogP contribution in [0.5, 0.6) is 5.75 Å². The second-order valence-electron chi connectivity index (χ2n) is 12.5. The zero-order chi connectivity index (χ0) is 31.1. The van der Waals surface area contributed by atoms with Crippen molar-refractivity contribution >= 4 is 17.8 Å². The molecule has 2 aromatic carbocycles. The standard InChI is InChI=1S/C34H37N5O5/c1-21-15-23(28-17-27(38-44-28)26-18-29(36-20-35-26)37-32(41)43-33(2,3)4)16-25-30(21)31(40)39(34(25)13-7-6-8-14-34)19-22-9-11-24(42-5)12-10-22/h9-12,15-18,20H,6-8,13-14,19H2,1-5H3,(H,35,36,37,41). The lowest BCUT2D eigenvalue weighted by Gasteiger charge is -2.42. The molecule has 1 spiro atoms. The average molecular weight is 596 g/mol. The Labute approximate surface area is 256 Å². The van der Waals surface area contributed by atoms with Gasteiger partial charge in [0.05, 0.1) is 18.3 Å². The summed E-state index contributed by atoms with van der Waals surface area (Å²) in [6.07, 6.45) is 5.87. The summed E-state index contributed by atoms with van der Waals surface area (Å²) in [6.45, 7) is 7.90. The number of nitrogens with one attached hydrogen (secondary N) is 1. The van der Waals surface area contributed by atoms with Gasteiger partial charge >= 0.3 is 6.09 Å². The molecule has 2 aliphatic rings. The first kappa shape index (κ1) is 29.3. The number of rotatable bonds is 6. The Morgan fingerprint density at radius 3 is 2.48 bits per heavy atom. The molecule has 2 aromatic heterocycles. The molecule has 4 aromatic rings. The van der Waals surface area contributed by atoms with Gasteiger partial charge in [-0.1, -0.05) is 36.6 Å². The summed E-state index contributed by atoms with van der Waals surface area (Å²) in [6, 6.07) is 15.5. The molecular weight excluding hydrogens is 558 g/mol. The van der Waals surface area contributed by atoms with Crippen LogP contribution in [0, 0.1) is 6.92 Å². The molecule has 10 heteroatoms. The second kappa shape index (κ2) is 11.4. The number of carbonyl (C=O) groups excluding carboxylic acids is 2. The van der Waals surface area contributed by atoms with Crippen LogP contribution < -0.4 is 10.1 Å². The van der Waals surface area contributed by atoms with Crippen molar-refractivity contribution in [1.82, 2.24) is 20.0 Å². The highest BCUT2D eigenvalue weighted by Gasteiger charge is 2.50. The zero-order valence-corrected chi connectivity index (χ0v) is 25.8. The van der Waals surface area contributed by atoms with Crippen LogP contribution in [0.25, 0.3) is 22.7 Å². The molecule has 0 radical (unpaired) electrons. The number of aryl methyl sites for hydroxylation is 1. The number of amides is 2. The molecule has 10 nitrogen and oxygen atoms in total. The first-order valence-electron chi connectivity index (χ1n) is 15.0. The lowest BCUT2D eigenvalue weighted by atomic mass is 9.75. The molecule has 1 N–H and O–H groups in total. The number of nitrogens with zero attached hydrogens (tertiary/aromatic N) is 4. The number of anilines is 1. The zero-order valence-electron chi connectivity index (χ0n) is 25.8. The van der Waals surface area contributed by atoms with Gasteiger partial charge in [0.15, 0.2) is 5.76 Å². The van der Waals surface area contributed by atoms with Gasteiger partial charge in [-0.2, -0.15) is 0 Å². The second-order valence-corrected chi connectivity index (χ2v) is 12.5. The Balaban J connectivity index is 1.31. The molecule has 3 heterocycles. The summed E-state index contributed by atoms with van der Waals surface area (Å²) in [5.41, 5.74) is 4.66. The third-order valence-corrected chi connectivity index (χ3v) is 8.35. The molecule has 44 heavy (non-hydrogen) atoms. The van der Waals surface area contributed by atoms with Crippen LogP contribution in [0.1, 0.15) is 79.9 Å². The summed E-state index contributed by atoms with van der Waals surface area (Å²) < 4.78 is 16.5. The molecule has 1 aliphatic heterocycles. The predicted molar refractivity (Wildman–Crippen MR) is 165 cm³/mol. The normalized spacial score (nSPS) is 15.8. The molecule has 6 rings (SSSR count). The van der Waals surface area contributed by atoms with Crippen molar-refractivity contribution in [2.75, 3.05) is 12.4 Å². The Morgan fingerprint density at radius 1 is 1.02 bits per heavy atom. The van der Waals surface area contributed by atoms with Crippen molar-refractivity contribution in [3.05, 3.63) is 77.1 Å². The van der Waals surface area contributed by atoms with E-state index in [0.717, 1.165) is 65.7 Å². The van der Waals surface area contributed by atoms with Gasteiger partial charge in [0.25, 0.3) is 5.91 Å². The van der Waals surface area contributed by atoms with Gasteiger partial charge in [0, 0.05) is 29.8 Å². The van der Waals surface area contributed by atoms with Crippen LogP contribution in [-0.4, -0.2) is 44.7 Å². The third-order valence-electron chi connectivity index (χ3n) is 8.35. The van der Waals surface area contributed by atoms with Crippen LogP contribution in [-0.2, 0) is 16.8 Å². The van der Waals surface area contributed by atoms with Gasteiger partial charge in [-0.05, 0) is 81.5 Å². The molecule has 1 saturated carbocycles. The number of hydrogen-bond acceptors (Lipinski definition) is 8. The van der Waals surface area contributed by atoms with E-state index in [4.69, 9.17) is 14.0 Å². The third kappa shape index (κ3) is 5.64. The van der Waals surface area contributed by atoms with E-state index in [9.17, 15) is 9.59 Å². The van der Waals surface area contributed by atoms with Crippen molar-refractivity contribution in [1.29, 1.82) is 0 Å². The highest BCUT2D eigenvalue weighted by atomic mass is 16.6. The maximum atomic E-state index is 14.1. The van der Waals surface area contributed by atoms with Gasteiger partial charge in [0.2, 0.25) is 0 Å². The van der Waals surface area contributed by atoms with Crippen LogP contribution in [0.2, 0.25) is 0 Å². The minimum absolute atomic E-state index is 0.0750. The SMILES string of the molecule is COc1ccc(CN2C(=O)c3c(C)cc(-c4cc(-c5cc(NC(=O)OC(C)(C)C)ncn5)no4)cc3C23CCCCC3)cc1. The summed E-state index contributed by atoms with van der Waals surface area (Å²) >= 11 is 0. The molecule has 0 saturated heterocycles. The van der Waals surface area contributed by atoms with Crippen molar-refractivity contribution in [2.24, 2.45) is 0 Å². The van der Waals surface area contributed by atoms with Crippen LogP contribution in [0.15, 0.2) is 59.4 Å². The van der Waals surface area contributed by atoms with Crippen molar-refractivity contribution < 1.29 is 23.6 Å². The van der Waals surface area contributed by atoms with Crippen molar-refractivity contribution in [2.45, 2.75) is 77.5 Å². The number of aromatic nitrogens is 3. The molecule has 1 aliphatic carbocycles. The number of hydrogen-bond donors (Lipinski definition) is 1. The van der Waals surface area contributed by atoms with Gasteiger partial charge < -0.3 is 18.9 Å². The van der Waals surface area contributed by atoms with Crippen molar-refractivity contribution in [3.63, 3.8) is 0 Å². The van der Waals surface area contributed by atoms with E-state index in [0.29, 0.717) is 23.7 Å². The number of methoxy groups -OCH3 is 1. The average Bonchev–Trinajstić information content (AvgIpc) is 3.56. The first-order chi connectivity index (χ1) is 21.1. The molecular formula is C34H37N5O5. The summed E-state index contributed by atoms with van der Waals surface area (Å²) in [7, 11) is 1.65. The monoisotopic (exact) mass is 595 g/mol. The largest absolute Gasteiger partial charge is 0.497 e. The van der Waals surface area contributed by atoms with E-state index in [1.165, 1.54) is 6.33 Å². The number of ether oxygens (including phenoxy) is 2. The van der Waals surface area contributed by atoms with Crippen molar-refractivity contribution in [3.8, 4) is 28.5 Å². The molecule has 0 bridgehead atoms. The Hall–Kier alpha value is -4.73. The van der Waals surface area contributed by atoms with Gasteiger partial charge in [-0.25, -0.2) is 14.8 Å². The minimum atomic E-state index is -0.636. The molecule has 1 fully saturated rings. The van der Waals surface area contributed by atoms with Crippen LogP contribution >= 0.6 is 0 Å². The lowest BCUT2D eigenvalue weighted by molar-refractivity contribution is 0.0386. The highest BCUT2D eigenvalue weighted by Crippen LogP contribution is 2.51. The van der Waals surface area contributed by atoms with E-state index in [2.05, 4.69) is 31.4 Å². The van der Waals surface area contributed by atoms with E-state index in [1.807, 2.05) is 43.3 Å². The first-order valence-corrected chi connectivity index (χ1v) is 15.0. The van der Waals surface area contributed by atoms with E-state index in [-0.39, 0.29) is 17.3 Å². The van der Waals surface area contributed by atoms with E-state index in [1.54, 1.807) is 33.9 Å². The molecule has 228 valence electrons. The highest BCUT2D eigenvalue weighted by molar-refractivity contribution is 6.02. The minimum Gasteiger partial charge on any atom is -0.497 e. The Kier molecular flexibility index (Phi) is 7.61. The topological polar surface area (TPSA) is 120 Å². The van der Waals surface area contributed by atoms with E-state index >= 15 is 0 Å². The molecule has 0 unspecified atom stereocenters. The fraction of sp³-hybridized carbons (Fsp3) is 0.382. The quantitative estimate of drug-likeness (QED) is 0.247. The van der Waals surface area contributed by atoms with Crippen LogP contribution in [0.3, 0.4) is 0 Å². The smallest absolute Gasteiger partial charge is 0.413 e. The van der Waals surface area contributed by atoms with Gasteiger partial charge in [0.1, 0.15) is 29.2 Å².